The molecular formula is C15H15N3O2. The molecule has 0 fully saturated rings. The average Bonchev–Trinajstić information content (AvgIpc) is 2.89. The number of rotatable bonds is 5. The van der Waals surface area contributed by atoms with Crippen molar-refractivity contribution in [2.45, 2.75) is 13.0 Å². The zero-order chi connectivity index (χ0) is 13.8. The number of anilines is 1. The van der Waals surface area contributed by atoms with Crippen LogP contribution < -0.4 is 5.73 Å². The molecule has 0 saturated carbocycles. The Morgan fingerprint density at radius 3 is 2.90 bits per heavy atom. The lowest BCUT2D eigenvalue weighted by Gasteiger charge is -2.00. The van der Waals surface area contributed by atoms with Crippen LogP contribution in [-0.2, 0) is 17.8 Å². The summed E-state index contributed by atoms with van der Waals surface area (Å²) in [7, 11) is 0. The topological polar surface area (TPSA) is 74.2 Å². The van der Waals surface area contributed by atoms with Crippen molar-refractivity contribution in [3.05, 3.63) is 54.2 Å². The van der Waals surface area contributed by atoms with Gasteiger partial charge in [0.1, 0.15) is 12.1 Å². The van der Waals surface area contributed by atoms with Gasteiger partial charge in [0.2, 0.25) is 5.89 Å². The van der Waals surface area contributed by atoms with Crippen LogP contribution in [0.15, 0.2) is 47.0 Å². The van der Waals surface area contributed by atoms with Gasteiger partial charge in [-0.05, 0) is 24.3 Å². The van der Waals surface area contributed by atoms with Gasteiger partial charge in [-0.1, -0.05) is 12.1 Å². The molecule has 0 atom stereocenters. The van der Waals surface area contributed by atoms with E-state index in [-0.39, 0.29) is 0 Å². The molecule has 0 aliphatic carbocycles. The number of para-hydroxylation sites is 1. The van der Waals surface area contributed by atoms with Crippen LogP contribution in [0.3, 0.4) is 0 Å². The lowest BCUT2D eigenvalue weighted by Crippen LogP contribution is -2.00. The maximum atomic E-state index is 5.83. The summed E-state index contributed by atoms with van der Waals surface area (Å²) in [6, 6.07) is 11.3. The molecule has 2 aromatic heterocycles. The Bertz CT molecular complexity index is 695. The molecule has 1 aromatic carbocycles. The van der Waals surface area contributed by atoms with Gasteiger partial charge in [0.15, 0.2) is 5.58 Å². The van der Waals surface area contributed by atoms with Crippen LogP contribution in [0.5, 0.6) is 0 Å². The zero-order valence-electron chi connectivity index (χ0n) is 11.0. The highest BCUT2D eigenvalue weighted by Gasteiger charge is 2.07. The third kappa shape index (κ3) is 2.78. The fourth-order valence-electron chi connectivity index (χ4n) is 1.96. The molecule has 0 saturated heterocycles. The van der Waals surface area contributed by atoms with Crippen molar-refractivity contribution in [2.75, 3.05) is 12.3 Å². The van der Waals surface area contributed by atoms with Crippen molar-refractivity contribution in [3.63, 3.8) is 0 Å². The molecule has 5 heteroatoms. The SMILES string of the molecule is Nc1cccc2oc(COCCc3ccccn3)nc12. The zero-order valence-corrected chi connectivity index (χ0v) is 11.0. The van der Waals surface area contributed by atoms with Crippen molar-refractivity contribution < 1.29 is 9.15 Å². The maximum Gasteiger partial charge on any atom is 0.221 e. The molecule has 0 aliphatic heterocycles. The summed E-state index contributed by atoms with van der Waals surface area (Å²) in [6.45, 7) is 0.909. The summed E-state index contributed by atoms with van der Waals surface area (Å²) in [5, 5.41) is 0. The van der Waals surface area contributed by atoms with Crippen LogP contribution in [0, 0.1) is 0 Å². The predicted octanol–water partition coefficient (Wildman–Crippen LogP) is 2.56. The monoisotopic (exact) mass is 269 g/mol. The lowest BCUT2D eigenvalue weighted by molar-refractivity contribution is 0.106. The minimum absolute atomic E-state index is 0.334. The molecule has 0 unspecified atom stereocenters. The minimum atomic E-state index is 0.334. The van der Waals surface area contributed by atoms with Gasteiger partial charge in [-0.2, -0.15) is 0 Å². The lowest BCUT2D eigenvalue weighted by atomic mass is 10.3. The second-order valence-corrected chi connectivity index (χ2v) is 4.43. The Labute approximate surface area is 116 Å². The number of nitrogens with two attached hydrogens (primary N) is 1. The fourth-order valence-corrected chi connectivity index (χ4v) is 1.96. The van der Waals surface area contributed by atoms with E-state index in [4.69, 9.17) is 14.9 Å². The van der Waals surface area contributed by atoms with Crippen LogP contribution in [-0.4, -0.2) is 16.6 Å². The summed E-state index contributed by atoms with van der Waals surface area (Å²) in [5.74, 6) is 0.541. The highest BCUT2D eigenvalue weighted by atomic mass is 16.5. The van der Waals surface area contributed by atoms with E-state index in [0.29, 0.717) is 35.9 Å². The third-order valence-corrected chi connectivity index (χ3v) is 2.95. The molecule has 2 heterocycles. The predicted molar refractivity (Wildman–Crippen MR) is 76.0 cm³/mol. The summed E-state index contributed by atoms with van der Waals surface area (Å²) < 4.78 is 11.1. The second-order valence-electron chi connectivity index (χ2n) is 4.43. The highest BCUT2D eigenvalue weighted by molar-refractivity contribution is 5.85. The molecule has 0 aliphatic rings. The first kappa shape index (κ1) is 12.6. The molecular weight excluding hydrogens is 254 g/mol. The molecule has 0 bridgehead atoms. The maximum absolute atomic E-state index is 5.83. The number of oxazole rings is 1. The van der Waals surface area contributed by atoms with E-state index < -0.39 is 0 Å². The van der Waals surface area contributed by atoms with E-state index in [1.54, 1.807) is 12.3 Å². The van der Waals surface area contributed by atoms with E-state index in [2.05, 4.69) is 9.97 Å². The minimum Gasteiger partial charge on any atom is -0.438 e. The van der Waals surface area contributed by atoms with Crippen LogP contribution in [0.1, 0.15) is 11.6 Å². The van der Waals surface area contributed by atoms with E-state index in [1.807, 2.05) is 30.3 Å². The Morgan fingerprint density at radius 2 is 2.10 bits per heavy atom. The Morgan fingerprint density at radius 1 is 1.15 bits per heavy atom. The number of ether oxygens (including phenoxy) is 1. The van der Waals surface area contributed by atoms with E-state index >= 15 is 0 Å². The van der Waals surface area contributed by atoms with Gasteiger partial charge in [-0.15, -0.1) is 0 Å². The van der Waals surface area contributed by atoms with Gasteiger partial charge >= 0.3 is 0 Å². The van der Waals surface area contributed by atoms with Gasteiger partial charge in [0, 0.05) is 18.3 Å². The van der Waals surface area contributed by atoms with Crippen LogP contribution in [0.2, 0.25) is 0 Å². The Hall–Kier alpha value is -2.40. The molecule has 20 heavy (non-hydrogen) atoms. The first-order valence-corrected chi connectivity index (χ1v) is 6.44. The number of nitrogens with zero attached hydrogens (tertiary/aromatic N) is 2. The van der Waals surface area contributed by atoms with Crippen molar-refractivity contribution in [1.29, 1.82) is 0 Å². The number of aromatic nitrogens is 2. The fraction of sp³-hybridized carbons (Fsp3) is 0.200. The van der Waals surface area contributed by atoms with E-state index in [0.717, 1.165) is 12.1 Å². The largest absolute Gasteiger partial charge is 0.438 e. The average molecular weight is 269 g/mol. The van der Waals surface area contributed by atoms with Crippen molar-refractivity contribution in [1.82, 2.24) is 9.97 Å². The quantitative estimate of drug-likeness (QED) is 0.569. The summed E-state index contributed by atoms with van der Waals surface area (Å²) in [6.07, 6.45) is 2.54. The first-order valence-electron chi connectivity index (χ1n) is 6.44. The van der Waals surface area contributed by atoms with Crippen molar-refractivity contribution >= 4 is 16.8 Å². The molecule has 0 amide bonds. The third-order valence-electron chi connectivity index (χ3n) is 2.95. The number of hydrogen-bond acceptors (Lipinski definition) is 5. The molecule has 0 spiro atoms. The summed E-state index contributed by atoms with van der Waals surface area (Å²) >= 11 is 0. The number of nitrogen functional groups attached to an aromatic ring is 1. The highest BCUT2D eigenvalue weighted by Crippen LogP contribution is 2.21. The Kier molecular flexibility index (Phi) is 3.60. The van der Waals surface area contributed by atoms with Gasteiger partial charge in [0.25, 0.3) is 0 Å². The van der Waals surface area contributed by atoms with Gasteiger partial charge in [-0.25, -0.2) is 4.98 Å². The van der Waals surface area contributed by atoms with Crippen LogP contribution in [0.4, 0.5) is 5.69 Å². The van der Waals surface area contributed by atoms with Crippen molar-refractivity contribution in [3.8, 4) is 0 Å². The molecule has 5 nitrogen and oxygen atoms in total. The van der Waals surface area contributed by atoms with Crippen LogP contribution >= 0.6 is 0 Å². The van der Waals surface area contributed by atoms with Gasteiger partial charge in [0.05, 0.1) is 12.3 Å². The number of hydrogen-bond donors (Lipinski definition) is 1. The van der Waals surface area contributed by atoms with Gasteiger partial charge in [-0.3, -0.25) is 4.98 Å². The summed E-state index contributed by atoms with van der Waals surface area (Å²) in [4.78, 5) is 8.56. The van der Waals surface area contributed by atoms with Crippen LogP contribution in [0.25, 0.3) is 11.1 Å². The number of pyridine rings is 1. The second kappa shape index (κ2) is 5.71. The number of benzene rings is 1. The molecule has 0 radical (unpaired) electrons. The smallest absolute Gasteiger partial charge is 0.221 e. The Balaban J connectivity index is 1.56. The van der Waals surface area contributed by atoms with E-state index in [9.17, 15) is 0 Å². The first-order chi connectivity index (χ1) is 9.83. The normalized spacial score (nSPS) is 11.0. The molecule has 3 aromatic rings. The standard InChI is InChI=1S/C15H15N3O2/c16-12-5-3-6-13-15(12)18-14(20-13)10-19-9-7-11-4-1-2-8-17-11/h1-6,8H,7,9-10,16H2. The number of fused-ring (bicyclic) bond motifs is 1. The van der Waals surface area contributed by atoms with Crippen molar-refractivity contribution in [2.24, 2.45) is 0 Å². The molecule has 3 rings (SSSR count). The molecule has 102 valence electrons. The molecule has 2 N–H and O–H groups in total. The van der Waals surface area contributed by atoms with E-state index in [1.165, 1.54) is 0 Å². The summed E-state index contributed by atoms with van der Waals surface area (Å²) in [5.41, 5.74) is 8.83. The van der Waals surface area contributed by atoms with Gasteiger partial charge < -0.3 is 14.9 Å².